The van der Waals surface area contributed by atoms with Gasteiger partial charge in [0.15, 0.2) is 0 Å². The fourth-order valence-corrected chi connectivity index (χ4v) is 7.56. The minimum absolute atomic E-state index is 0.143. The van der Waals surface area contributed by atoms with Gasteiger partial charge in [-0.15, -0.1) is 0 Å². The molecule has 1 amide bonds. The number of hydrogen-bond acceptors (Lipinski definition) is 8. The Morgan fingerprint density at radius 3 is 2.71 bits per heavy atom. The Morgan fingerprint density at radius 2 is 1.93 bits per heavy atom. The average Bonchev–Trinajstić information content (AvgIpc) is 3.42. The van der Waals surface area contributed by atoms with E-state index < -0.39 is 0 Å². The number of hydrogen-bond donors (Lipinski definition) is 0. The van der Waals surface area contributed by atoms with Crippen molar-refractivity contribution in [3.63, 3.8) is 0 Å². The summed E-state index contributed by atoms with van der Waals surface area (Å²) < 4.78 is 6.43. The molecule has 2 saturated heterocycles. The summed E-state index contributed by atoms with van der Waals surface area (Å²) in [5.41, 5.74) is 3.16. The van der Waals surface area contributed by atoms with Crippen molar-refractivity contribution in [2.75, 3.05) is 49.1 Å². The number of carbonyl (C=O) groups is 1. The predicted molar refractivity (Wildman–Crippen MR) is 179 cm³/mol. The van der Waals surface area contributed by atoms with Crippen LogP contribution in [0.2, 0.25) is 5.02 Å². The Balaban J connectivity index is 1.36. The molecule has 0 unspecified atom stereocenters. The van der Waals surface area contributed by atoms with Crippen molar-refractivity contribution in [3.8, 4) is 12.1 Å². The zero-order chi connectivity index (χ0) is 31.5. The second kappa shape index (κ2) is 13.6. The molecule has 3 aliphatic heterocycles. The van der Waals surface area contributed by atoms with Crippen LogP contribution in [0, 0.1) is 11.3 Å². The Bertz CT molecular complexity index is 1600. The highest BCUT2D eigenvalue weighted by Gasteiger charge is 2.33. The molecule has 0 N–H and O–H groups in total. The van der Waals surface area contributed by atoms with Crippen LogP contribution in [0.25, 0.3) is 10.8 Å². The minimum atomic E-state index is -0.248. The fourth-order valence-electron chi connectivity index (χ4n) is 7.28. The van der Waals surface area contributed by atoms with E-state index in [1.807, 2.05) is 12.1 Å². The summed E-state index contributed by atoms with van der Waals surface area (Å²) >= 11 is 6.76. The van der Waals surface area contributed by atoms with E-state index in [-0.39, 0.29) is 18.4 Å². The van der Waals surface area contributed by atoms with Gasteiger partial charge in [-0.2, -0.15) is 15.2 Å². The molecular formula is C35H42ClN7O2. The molecule has 3 aliphatic rings. The first-order valence-electron chi connectivity index (χ1n) is 16.1. The van der Waals surface area contributed by atoms with Gasteiger partial charge in [-0.1, -0.05) is 42.4 Å². The number of rotatable bonds is 8. The highest BCUT2D eigenvalue weighted by atomic mass is 35.5. The molecule has 10 heteroatoms. The maximum Gasteiger partial charge on any atom is 0.318 e. The van der Waals surface area contributed by atoms with Crippen molar-refractivity contribution in [2.45, 2.75) is 70.6 Å². The number of aromatic nitrogens is 2. The smallest absolute Gasteiger partial charge is 0.318 e. The van der Waals surface area contributed by atoms with Crippen molar-refractivity contribution in [3.05, 3.63) is 65.3 Å². The lowest BCUT2D eigenvalue weighted by Gasteiger charge is -2.41. The van der Waals surface area contributed by atoms with Crippen LogP contribution in [-0.4, -0.2) is 83.1 Å². The van der Waals surface area contributed by atoms with Crippen LogP contribution >= 0.6 is 11.6 Å². The van der Waals surface area contributed by atoms with Crippen molar-refractivity contribution < 1.29 is 9.53 Å². The van der Waals surface area contributed by atoms with Gasteiger partial charge >= 0.3 is 6.01 Å². The van der Waals surface area contributed by atoms with E-state index in [1.165, 1.54) is 12.5 Å². The molecule has 0 radical (unpaired) electrons. The van der Waals surface area contributed by atoms with E-state index in [0.29, 0.717) is 50.9 Å². The predicted octanol–water partition coefficient (Wildman–Crippen LogP) is 5.60. The number of piperazine rings is 1. The molecule has 2 atom stereocenters. The third kappa shape index (κ3) is 6.45. The third-order valence-corrected chi connectivity index (χ3v) is 9.79. The van der Waals surface area contributed by atoms with E-state index in [9.17, 15) is 10.1 Å². The molecule has 2 aromatic carbocycles. The molecule has 0 aliphatic carbocycles. The third-order valence-electron chi connectivity index (χ3n) is 9.48. The molecule has 1 aromatic heterocycles. The summed E-state index contributed by atoms with van der Waals surface area (Å²) in [7, 11) is 0. The van der Waals surface area contributed by atoms with Crippen molar-refractivity contribution >= 4 is 39.8 Å². The van der Waals surface area contributed by atoms with Crippen LogP contribution in [0.5, 0.6) is 6.01 Å². The van der Waals surface area contributed by atoms with E-state index in [1.54, 1.807) is 4.90 Å². The van der Waals surface area contributed by atoms with E-state index in [0.717, 1.165) is 70.9 Å². The average molecular weight is 628 g/mol. The molecule has 45 heavy (non-hydrogen) atoms. The number of likely N-dealkylation sites (tertiary alicyclic amines) is 1. The summed E-state index contributed by atoms with van der Waals surface area (Å²) in [6.45, 7) is 12.8. The van der Waals surface area contributed by atoms with Gasteiger partial charge in [0.1, 0.15) is 12.4 Å². The quantitative estimate of drug-likeness (QED) is 0.298. The number of nitriles is 1. The molecular weight excluding hydrogens is 586 g/mol. The molecule has 2 fully saturated rings. The van der Waals surface area contributed by atoms with E-state index >= 15 is 0 Å². The lowest BCUT2D eigenvalue weighted by Crippen LogP contribution is -2.55. The van der Waals surface area contributed by atoms with Crippen molar-refractivity contribution in [1.29, 1.82) is 5.26 Å². The molecule has 6 rings (SSSR count). The van der Waals surface area contributed by atoms with Crippen molar-refractivity contribution in [2.24, 2.45) is 0 Å². The van der Waals surface area contributed by atoms with Crippen LogP contribution in [0.1, 0.15) is 50.8 Å². The first-order valence-corrected chi connectivity index (χ1v) is 16.5. The maximum atomic E-state index is 12.6. The van der Waals surface area contributed by atoms with Crippen LogP contribution in [0.4, 0.5) is 11.5 Å². The zero-order valence-electron chi connectivity index (χ0n) is 26.3. The highest BCUT2D eigenvalue weighted by Crippen LogP contribution is 2.37. The number of nitrogens with zero attached hydrogens (tertiary/aromatic N) is 7. The van der Waals surface area contributed by atoms with E-state index in [2.05, 4.69) is 65.5 Å². The van der Waals surface area contributed by atoms with Gasteiger partial charge in [0.25, 0.3) is 0 Å². The number of halogens is 1. The molecule has 3 aromatic rings. The summed E-state index contributed by atoms with van der Waals surface area (Å²) in [6.07, 6.45) is 5.58. The van der Waals surface area contributed by atoms with Crippen LogP contribution in [-0.2, 0) is 17.8 Å². The van der Waals surface area contributed by atoms with Crippen LogP contribution in [0.15, 0.2) is 49.1 Å². The monoisotopic (exact) mass is 627 g/mol. The number of anilines is 2. The summed E-state index contributed by atoms with van der Waals surface area (Å²) in [6, 6.07) is 15.6. The number of carbonyl (C=O) groups excluding carboxylic acids is 1. The first-order chi connectivity index (χ1) is 21.9. The van der Waals surface area contributed by atoms with Gasteiger partial charge in [0.05, 0.1) is 35.8 Å². The standard InChI is InChI=1S/C35H42ClN7O2/c1-4-32(44)43-20-19-41(21-26(43)15-16-37)34-28-12-8-17-40(31-14-6-10-25-9-5-13-29(36)33(25)31)22-30(28)38-35(39-34)45-23-27-11-7-18-42(27)24(2)3/h4-6,9-10,13-14,24,26-27H,1,7-8,11-12,15,17-23H2,2-3H3/t26-,27-/m0/s1. The molecule has 0 saturated carbocycles. The van der Waals surface area contributed by atoms with Gasteiger partial charge < -0.3 is 19.4 Å². The molecule has 9 nitrogen and oxygen atoms in total. The fraction of sp³-hybridized carbons (Fsp3) is 0.486. The largest absolute Gasteiger partial charge is 0.462 e. The molecule has 236 valence electrons. The maximum absolute atomic E-state index is 12.6. The lowest BCUT2D eigenvalue weighted by atomic mass is 10.1. The molecule has 0 spiro atoms. The minimum Gasteiger partial charge on any atom is -0.462 e. The van der Waals surface area contributed by atoms with Gasteiger partial charge in [0.2, 0.25) is 5.91 Å². The molecule has 0 bridgehead atoms. The summed E-state index contributed by atoms with van der Waals surface area (Å²) in [5.74, 6) is 0.713. The normalized spacial score (nSPS) is 20.6. The van der Waals surface area contributed by atoms with Crippen LogP contribution in [0.3, 0.4) is 0 Å². The number of benzene rings is 2. The Hall–Kier alpha value is -3.87. The summed E-state index contributed by atoms with van der Waals surface area (Å²) in [4.78, 5) is 31.6. The Labute approximate surface area is 271 Å². The van der Waals surface area contributed by atoms with Gasteiger partial charge in [-0.3, -0.25) is 9.69 Å². The van der Waals surface area contributed by atoms with Crippen LogP contribution < -0.4 is 14.5 Å². The molecule has 4 heterocycles. The number of amides is 1. The van der Waals surface area contributed by atoms with Gasteiger partial charge in [-0.25, -0.2) is 0 Å². The highest BCUT2D eigenvalue weighted by molar-refractivity contribution is 6.36. The Morgan fingerprint density at radius 1 is 1.11 bits per heavy atom. The number of ether oxygens (including phenoxy) is 1. The van der Waals surface area contributed by atoms with Crippen molar-refractivity contribution in [1.82, 2.24) is 19.8 Å². The topological polar surface area (TPSA) is 88.8 Å². The lowest BCUT2D eigenvalue weighted by molar-refractivity contribution is -0.128. The van der Waals surface area contributed by atoms with E-state index in [4.69, 9.17) is 26.3 Å². The number of fused-ring (bicyclic) bond motifs is 2. The summed E-state index contributed by atoms with van der Waals surface area (Å²) in [5, 5.41) is 12.5. The first kappa shape index (κ1) is 31.1. The Kier molecular flexibility index (Phi) is 9.43. The second-order valence-corrected chi connectivity index (χ2v) is 12.9. The SMILES string of the molecule is C=CC(=O)N1CCN(c2nc(OC[C@@H]3CCCN3C(C)C)nc3c2CCCN(c2cccc4cccc(Cl)c24)C3)C[C@@H]1CC#N. The second-order valence-electron chi connectivity index (χ2n) is 12.5. The van der Waals surface area contributed by atoms with Gasteiger partial charge in [-0.05, 0) is 69.7 Å². The van der Waals surface area contributed by atoms with Gasteiger partial charge in [0, 0.05) is 54.9 Å². The zero-order valence-corrected chi connectivity index (χ0v) is 27.0.